The predicted octanol–water partition coefficient (Wildman–Crippen LogP) is 0.218. The molecule has 0 atom stereocenters. The molecule has 1 aromatic heterocycles. The minimum absolute atomic E-state index is 0.276. The highest BCUT2D eigenvalue weighted by molar-refractivity contribution is 5.32. The molecule has 0 fully saturated rings. The number of nitrogen functional groups attached to an aromatic ring is 1. The Bertz CT molecular complexity index is 252. The summed E-state index contributed by atoms with van der Waals surface area (Å²) in [5.74, 6) is 1.55. The molecule has 12 heavy (non-hydrogen) atoms. The van der Waals surface area contributed by atoms with Crippen molar-refractivity contribution in [3.63, 3.8) is 0 Å². The van der Waals surface area contributed by atoms with Crippen LogP contribution in [0.25, 0.3) is 0 Å². The van der Waals surface area contributed by atoms with E-state index in [0.717, 1.165) is 6.54 Å². The monoisotopic (exact) mass is 167 g/mol. The highest BCUT2D eigenvalue weighted by Gasteiger charge is 2.03. The lowest BCUT2D eigenvalue weighted by atomic mass is 10.6. The van der Waals surface area contributed by atoms with Crippen molar-refractivity contribution in [3.05, 3.63) is 5.82 Å². The van der Waals surface area contributed by atoms with Gasteiger partial charge in [-0.2, -0.15) is 15.0 Å². The van der Waals surface area contributed by atoms with Gasteiger partial charge in [-0.25, -0.2) is 0 Å². The van der Waals surface area contributed by atoms with Crippen LogP contribution < -0.4 is 10.6 Å². The van der Waals surface area contributed by atoms with Crippen LogP contribution in [0.2, 0.25) is 0 Å². The molecule has 66 valence electrons. The molecule has 1 aromatic rings. The zero-order chi connectivity index (χ0) is 9.14. The first kappa shape index (κ1) is 8.70. The average Bonchev–Trinajstić information content (AvgIpc) is 2.01. The lowest BCUT2D eigenvalue weighted by molar-refractivity contribution is 0.869. The van der Waals surface area contributed by atoms with Gasteiger partial charge in [-0.1, -0.05) is 0 Å². The molecular formula is C7H13N5. The van der Waals surface area contributed by atoms with Crippen molar-refractivity contribution in [1.82, 2.24) is 15.0 Å². The topological polar surface area (TPSA) is 67.9 Å². The van der Waals surface area contributed by atoms with Crippen LogP contribution in [-0.4, -0.2) is 28.5 Å². The van der Waals surface area contributed by atoms with E-state index < -0.39 is 0 Å². The normalized spacial score (nSPS) is 9.92. The van der Waals surface area contributed by atoms with E-state index in [1.807, 2.05) is 18.9 Å². The van der Waals surface area contributed by atoms with Crippen LogP contribution in [0.5, 0.6) is 0 Å². The van der Waals surface area contributed by atoms with Crippen LogP contribution in [0.3, 0.4) is 0 Å². The molecule has 0 aromatic carbocycles. The Kier molecular flexibility index (Phi) is 2.42. The molecule has 5 nitrogen and oxygen atoms in total. The van der Waals surface area contributed by atoms with Gasteiger partial charge < -0.3 is 10.6 Å². The first-order valence-corrected chi connectivity index (χ1v) is 3.82. The Balaban J connectivity index is 3.00. The summed E-state index contributed by atoms with van der Waals surface area (Å²) in [6, 6.07) is 0. The van der Waals surface area contributed by atoms with E-state index in [1.54, 1.807) is 6.92 Å². The summed E-state index contributed by atoms with van der Waals surface area (Å²) in [5.41, 5.74) is 5.46. The van der Waals surface area contributed by atoms with Gasteiger partial charge in [0.05, 0.1) is 0 Å². The number of anilines is 2. The number of rotatable bonds is 2. The van der Waals surface area contributed by atoms with Crippen molar-refractivity contribution in [2.24, 2.45) is 0 Å². The van der Waals surface area contributed by atoms with E-state index in [2.05, 4.69) is 15.0 Å². The maximum Gasteiger partial charge on any atom is 0.230 e. The summed E-state index contributed by atoms with van der Waals surface area (Å²) in [5, 5.41) is 0. The largest absolute Gasteiger partial charge is 0.368 e. The minimum atomic E-state index is 0.276. The molecule has 0 bridgehead atoms. The van der Waals surface area contributed by atoms with E-state index >= 15 is 0 Å². The zero-order valence-electron chi connectivity index (χ0n) is 7.57. The third-order valence-electron chi connectivity index (χ3n) is 1.57. The molecule has 0 aliphatic heterocycles. The van der Waals surface area contributed by atoms with Crippen molar-refractivity contribution >= 4 is 11.9 Å². The van der Waals surface area contributed by atoms with Gasteiger partial charge in [0.2, 0.25) is 11.9 Å². The predicted molar refractivity (Wildman–Crippen MR) is 47.9 cm³/mol. The number of aryl methyl sites for hydroxylation is 1. The number of nitrogens with two attached hydrogens (primary N) is 1. The summed E-state index contributed by atoms with van der Waals surface area (Å²) in [7, 11) is 1.91. The molecule has 0 saturated heterocycles. The van der Waals surface area contributed by atoms with E-state index in [-0.39, 0.29) is 5.95 Å². The molecule has 0 radical (unpaired) electrons. The van der Waals surface area contributed by atoms with E-state index in [0.29, 0.717) is 11.8 Å². The second kappa shape index (κ2) is 3.34. The van der Waals surface area contributed by atoms with Crippen LogP contribution in [0.4, 0.5) is 11.9 Å². The lowest BCUT2D eigenvalue weighted by Crippen LogP contribution is -2.20. The highest BCUT2D eigenvalue weighted by Crippen LogP contribution is 2.05. The van der Waals surface area contributed by atoms with Crippen molar-refractivity contribution in [2.75, 3.05) is 24.2 Å². The summed E-state index contributed by atoms with van der Waals surface area (Å²) >= 11 is 0. The Labute approximate surface area is 71.6 Å². The molecule has 0 spiro atoms. The SMILES string of the molecule is CCN(C)c1nc(C)nc(N)n1. The second-order valence-electron chi connectivity index (χ2n) is 2.55. The molecule has 1 rings (SSSR count). The maximum absolute atomic E-state index is 5.46. The van der Waals surface area contributed by atoms with Gasteiger partial charge in [-0.3, -0.25) is 0 Å². The van der Waals surface area contributed by atoms with Gasteiger partial charge in [0.15, 0.2) is 0 Å². The number of hydrogen-bond donors (Lipinski definition) is 1. The molecule has 1 heterocycles. The van der Waals surface area contributed by atoms with Crippen molar-refractivity contribution in [1.29, 1.82) is 0 Å². The second-order valence-corrected chi connectivity index (χ2v) is 2.55. The van der Waals surface area contributed by atoms with Crippen LogP contribution in [0.15, 0.2) is 0 Å². The van der Waals surface area contributed by atoms with Gasteiger partial charge in [-0.05, 0) is 13.8 Å². The van der Waals surface area contributed by atoms with Crippen molar-refractivity contribution in [2.45, 2.75) is 13.8 Å². The minimum Gasteiger partial charge on any atom is -0.368 e. The number of hydrogen-bond acceptors (Lipinski definition) is 5. The Morgan fingerprint density at radius 3 is 2.50 bits per heavy atom. The summed E-state index contributed by atoms with van der Waals surface area (Å²) in [6.07, 6.45) is 0. The molecule has 0 aliphatic carbocycles. The molecule has 2 N–H and O–H groups in total. The summed E-state index contributed by atoms with van der Waals surface area (Å²) < 4.78 is 0. The van der Waals surface area contributed by atoms with E-state index in [4.69, 9.17) is 5.73 Å². The molecule has 0 saturated carbocycles. The van der Waals surface area contributed by atoms with Crippen molar-refractivity contribution in [3.8, 4) is 0 Å². The molecular weight excluding hydrogens is 154 g/mol. The first-order valence-electron chi connectivity index (χ1n) is 3.82. The van der Waals surface area contributed by atoms with Crippen LogP contribution in [0.1, 0.15) is 12.7 Å². The third kappa shape index (κ3) is 1.81. The fourth-order valence-corrected chi connectivity index (χ4v) is 0.800. The van der Waals surface area contributed by atoms with E-state index in [9.17, 15) is 0 Å². The van der Waals surface area contributed by atoms with Gasteiger partial charge in [-0.15, -0.1) is 0 Å². The van der Waals surface area contributed by atoms with Crippen LogP contribution >= 0.6 is 0 Å². The van der Waals surface area contributed by atoms with Crippen LogP contribution in [-0.2, 0) is 0 Å². The third-order valence-corrected chi connectivity index (χ3v) is 1.57. The standard InChI is InChI=1S/C7H13N5/c1-4-12(3)7-10-5(2)9-6(8)11-7/h4H2,1-3H3,(H2,8,9,10,11). The van der Waals surface area contributed by atoms with Crippen molar-refractivity contribution < 1.29 is 0 Å². The van der Waals surface area contributed by atoms with Gasteiger partial charge in [0, 0.05) is 13.6 Å². The average molecular weight is 167 g/mol. The highest BCUT2D eigenvalue weighted by atomic mass is 15.3. The fraction of sp³-hybridized carbons (Fsp3) is 0.571. The fourth-order valence-electron chi connectivity index (χ4n) is 0.800. The molecule has 0 amide bonds. The quantitative estimate of drug-likeness (QED) is 0.682. The zero-order valence-corrected chi connectivity index (χ0v) is 7.57. The first-order chi connectivity index (χ1) is 5.63. The van der Waals surface area contributed by atoms with E-state index in [1.165, 1.54) is 0 Å². The Morgan fingerprint density at radius 1 is 1.33 bits per heavy atom. The maximum atomic E-state index is 5.46. The molecule has 0 unspecified atom stereocenters. The van der Waals surface area contributed by atoms with Crippen LogP contribution in [0, 0.1) is 6.92 Å². The van der Waals surface area contributed by atoms with Gasteiger partial charge >= 0.3 is 0 Å². The van der Waals surface area contributed by atoms with Gasteiger partial charge in [0.1, 0.15) is 5.82 Å². The smallest absolute Gasteiger partial charge is 0.230 e. The summed E-state index contributed by atoms with van der Waals surface area (Å²) in [6.45, 7) is 4.67. The lowest BCUT2D eigenvalue weighted by Gasteiger charge is -2.13. The molecule has 0 aliphatic rings. The van der Waals surface area contributed by atoms with Gasteiger partial charge in [0.25, 0.3) is 0 Å². The number of aromatic nitrogens is 3. The molecule has 5 heteroatoms. The Hall–Kier alpha value is -1.39. The summed E-state index contributed by atoms with van der Waals surface area (Å²) in [4.78, 5) is 13.9. The number of nitrogens with zero attached hydrogens (tertiary/aromatic N) is 4. The Morgan fingerprint density at radius 2 is 2.00 bits per heavy atom.